The fraction of sp³-hybridized carbons (Fsp3) is 0.158. The van der Waals surface area contributed by atoms with Crippen LogP contribution in [0.25, 0.3) is 12.2 Å². The van der Waals surface area contributed by atoms with Crippen molar-refractivity contribution < 1.29 is 4.92 Å². The number of nitro benzene ring substituents is 1. The van der Waals surface area contributed by atoms with Gasteiger partial charge in [0.1, 0.15) is 5.66 Å². The zero-order valence-electron chi connectivity index (χ0n) is 15.4. The van der Waals surface area contributed by atoms with E-state index in [2.05, 4.69) is 9.98 Å². The van der Waals surface area contributed by atoms with E-state index in [1.807, 2.05) is 56.3 Å². The third-order valence-corrected chi connectivity index (χ3v) is 4.07. The molecule has 0 saturated carbocycles. The van der Waals surface area contributed by atoms with Crippen LogP contribution in [0, 0.1) is 10.1 Å². The van der Waals surface area contributed by atoms with Gasteiger partial charge in [-0.05, 0) is 37.1 Å². The van der Waals surface area contributed by atoms with Gasteiger partial charge in [-0.25, -0.2) is 4.99 Å². The minimum atomic E-state index is -0.668. The van der Waals surface area contributed by atoms with Gasteiger partial charge in [-0.15, -0.1) is 12.4 Å². The second-order valence-electron chi connectivity index (χ2n) is 6.55. The van der Waals surface area contributed by atoms with Crippen molar-refractivity contribution in [3.05, 3.63) is 69.8 Å². The second kappa shape index (κ2) is 8.10. The number of halogens is 1. The van der Waals surface area contributed by atoms with E-state index < -0.39 is 10.6 Å². The van der Waals surface area contributed by atoms with Crippen LogP contribution >= 0.6 is 12.4 Å². The molecule has 0 unspecified atom stereocenters. The molecular formula is C19H21ClN6O2. The van der Waals surface area contributed by atoms with Crippen LogP contribution in [0.5, 0.6) is 0 Å². The van der Waals surface area contributed by atoms with E-state index in [0.717, 1.165) is 16.8 Å². The summed E-state index contributed by atoms with van der Waals surface area (Å²) < 4.78 is 0. The van der Waals surface area contributed by atoms with Crippen molar-refractivity contribution in [3.63, 3.8) is 0 Å². The predicted octanol–water partition coefficient (Wildman–Crippen LogP) is 3.37. The minimum absolute atomic E-state index is 0. The molecule has 2 aromatic rings. The maximum absolute atomic E-state index is 10.9. The van der Waals surface area contributed by atoms with E-state index in [9.17, 15) is 10.1 Å². The van der Waals surface area contributed by atoms with Crippen LogP contribution in [-0.2, 0) is 0 Å². The van der Waals surface area contributed by atoms with Crippen molar-refractivity contribution >= 4 is 47.9 Å². The van der Waals surface area contributed by atoms with Crippen LogP contribution in [0.2, 0.25) is 0 Å². The van der Waals surface area contributed by atoms with Crippen LogP contribution in [0.15, 0.2) is 58.5 Å². The Labute approximate surface area is 168 Å². The molecule has 0 atom stereocenters. The molecule has 0 radical (unpaired) electrons. The van der Waals surface area contributed by atoms with Crippen LogP contribution in [0.3, 0.4) is 0 Å². The van der Waals surface area contributed by atoms with Gasteiger partial charge in [-0.2, -0.15) is 4.99 Å². The predicted molar refractivity (Wildman–Crippen MR) is 116 cm³/mol. The maximum Gasteiger partial charge on any atom is 0.270 e. The zero-order valence-corrected chi connectivity index (χ0v) is 16.3. The SMILES string of the molecule is CC1(C)N=C(N)N=C(N)N1c1cccc(/C=C/c2cccc([N+](=O)[O-])c2)c1.Cl. The van der Waals surface area contributed by atoms with E-state index in [1.54, 1.807) is 11.0 Å². The van der Waals surface area contributed by atoms with E-state index in [-0.39, 0.29) is 30.0 Å². The summed E-state index contributed by atoms with van der Waals surface area (Å²) in [6.45, 7) is 3.79. The number of nitrogens with two attached hydrogens (primary N) is 2. The summed E-state index contributed by atoms with van der Waals surface area (Å²) in [7, 11) is 0. The largest absolute Gasteiger partial charge is 0.369 e. The molecule has 28 heavy (non-hydrogen) atoms. The molecule has 1 aliphatic rings. The molecular weight excluding hydrogens is 380 g/mol. The lowest BCUT2D eigenvalue weighted by atomic mass is 10.1. The first-order valence-corrected chi connectivity index (χ1v) is 8.28. The first kappa shape index (κ1) is 20.9. The standard InChI is InChI=1S/C19H20N6O2.ClH/c1-19(2)23-17(20)22-18(21)24(19)15-7-3-5-13(11-15)9-10-14-6-4-8-16(12-14)25(26)27;/h3-12H,1-2H3,(H4,20,21,22,23);1H/b10-9+;. The molecule has 2 aromatic carbocycles. The number of hydrogen-bond acceptors (Lipinski definition) is 7. The van der Waals surface area contributed by atoms with Gasteiger partial charge in [-0.3, -0.25) is 15.0 Å². The van der Waals surface area contributed by atoms with Gasteiger partial charge in [0.05, 0.1) is 4.92 Å². The maximum atomic E-state index is 10.9. The molecule has 0 aliphatic carbocycles. The molecule has 0 amide bonds. The van der Waals surface area contributed by atoms with Gasteiger partial charge in [0.2, 0.25) is 11.9 Å². The molecule has 8 nitrogen and oxygen atoms in total. The second-order valence-corrected chi connectivity index (χ2v) is 6.55. The van der Waals surface area contributed by atoms with Crippen molar-refractivity contribution in [2.24, 2.45) is 21.5 Å². The van der Waals surface area contributed by atoms with Gasteiger partial charge >= 0.3 is 0 Å². The number of guanidine groups is 2. The van der Waals surface area contributed by atoms with Gasteiger partial charge in [0.25, 0.3) is 5.69 Å². The quantitative estimate of drug-likeness (QED) is 0.462. The summed E-state index contributed by atoms with van der Waals surface area (Å²) in [5.41, 5.74) is 13.6. The number of aliphatic imine (C=N–C) groups is 2. The highest BCUT2D eigenvalue weighted by molar-refractivity contribution is 6.05. The summed E-state index contributed by atoms with van der Waals surface area (Å²) in [6.07, 6.45) is 3.70. The minimum Gasteiger partial charge on any atom is -0.369 e. The molecule has 1 heterocycles. The molecule has 0 saturated heterocycles. The molecule has 1 aliphatic heterocycles. The Morgan fingerprint density at radius 1 is 1.07 bits per heavy atom. The van der Waals surface area contributed by atoms with Gasteiger partial charge in [0.15, 0.2) is 0 Å². The highest BCUT2D eigenvalue weighted by Gasteiger charge is 2.32. The molecule has 0 spiro atoms. The van der Waals surface area contributed by atoms with Crippen LogP contribution in [0.1, 0.15) is 25.0 Å². The summed E-state index contributed by atoms with van der Waals surface area (Å²) in [5.74, 6) is 0.419. The molecule has 9 heteroatoms. The summed E-state index contributed by atoms with van der Waals surface area (Å²) >= 11 is 0. The number of nitrogens with zero attached hydrogens (tertiary/aromatic N) is 4. The first-order chi connectivity index (χ1) is 12.8. The molecule has 4 N–H and O–H groups in total. The number of rotatable bonds is 4. The number of benzene rings is 2. The van der Waals surface area contributed by atoms with Crippen molar-refractivity contribution in [2.45, 2.75) is 19.5 Å². The van der Waals surface area contributed by atoms with Crippen LogP contribution in [-0.4, -0.2) is 22.5 Å². The van der Waals surface area contributed by atoms with Crippen molar-refractivity contribution in [2.75, 3.05) is 4.90 Å². The Balaban J connectivity index is 0.00000280. The lowest BCUT2D eigenvalue weighted by molar-refractivity contribution is -0.384. The Kier molecular flexibility index (Phi) is 6.05. The Bertz CT molecular complexity index is 984. The van der Waals surface area contributed by atoms with E-state index in [0.29, 0.717) is 0 Å². The van der Waals surface area contributed by atoms with Gasteiger partial charge in [0, 0.05) is 17.8 Å². The molecule has 0 fully saturated rings. The number of non-ortho nitro benzene ring substituents is 1. The van der Waals surface area contributed by atoms with Gasteiger partial charge in [-0.1, -0.05) is 36.4 Å². The summed E-state index contributed by atoms with van der Waals surface area (Å²) in [4.78, 5) is 20.7. The molecule has 146 valence electrons. The lowest BCUT2D eigenvalue weighted by Crippen LogP contribution is -2.54. The number of hydrogen-bond donors (Lipinski definition) is 2. The van der Waals surface area contributed by atoms with Crippen molar-refractivity contribution in [1.82, 2.24) is 0 Å². The Morgan fingerprint density at radius 3 is 2.29 bits per heavy atom. The Morgan fingerprint density at radius 2 is 1.68 bits per heavy atom. The third kappa shape index (κ3) is 4.47. The van der Waals surface area contributed by atoms with Gasteiger partial charge < -0.3 is 11.5 Å². The highest BCUT2D eigenvalue weighted by atomic mass is 35.5. The highest BCUT2D eigenvalue weighted by Crippen LogP contribution is 2.28. The average Bonchev–Trinajstić information content (AvgIpc) is 2.59. The topological polar surface area (TPSA) is 123 Å². The fourth-order valence-corrected chi connectivity index (χ4v) is 2.95. The van der Waals surface area contributed by atoms with Crippen LogP contribution in [0.4, 0.5) is 11.4 Å². The first-order valence-electron chi connectivity index (χ1n) is 8.28. The summed E-state index contributed by atoms with van der Waals surface area (Å²) in [6, 6.07) is 14.1. The lowest BCUT2D eigenvalue weighted by Gasteiger charge is -2.38. The van der Waals surface area contributed by atoms with Crippen molar-refractivity contribution in [1.29, 1.82) is 0 Å². The zero-order chi connectivity index (χ0) is 19.6. The fourth-order valence-electron chi connectivity index (χ4n) is 2.95. The van der Waals surface area contributed by atoms with E-state index >= 15 is 0 Å². The Hall–Kier alpha value is -3.39. The normalized spacial score (nSPS) is 15.6. The number of nitro groups is 1. The van der Waals surface area contributed by atoms with Crippen molar-refractivity contribution in [3.8, 4) is 0 Å². The monoisotopic (exact) mass is 400 g/mol. The average molecular weight is 401 g/mol. The molecule has 0 aromatic heterocycles. The van der Waals surface area contributed by atoms with E-state index in [4.69, 9.17) is 11.5 Å². The third-order valence-electron chi connectivity index (χ3n) is 4.07. The number of anilines is 1. The van der Waals surface area contributed by atoms with Crippen LogP contribution < -0.4 is 16.4 Å². The summed E-state index contributed by atoms with van der Waals surface area (Å²) in [5, 5.41) is 10.9. The van der Waals surface area contributed by atoms with E-state index in [1.165, 1.54) is 12.1 Å². The molecule has 3 rings (SSSR count). The molecule has 0 bridgehead atoms. The smallest absolute Gasteiger partial charge is 0.270 e.